The van der Waals surface area contributed by atoms with Gasteiger partial charge in [-0.25, -0.2) is 12.7 Å². The standard InChI is InChI=1S/C22H18ClNO4S/c1-14-3-9-19(10-4-14)29(27,28)24-21(26)15(2)20-13-18(25)11-12-22(20,24)16-5-7-17(23)8-6-16/h3-12,20H,2,13H2,1H3/t20-,22+/m1/s1. The Morgan fingerprint density at radius 2 is 1.69 bits per heavy atom. The molecule has 29 heavy (non-hydrogen) atoms. The third kappa shape index (κ3) is 2.86. The number of carbonyl (C=O) groups excluding carboxylic acids is 2. The molecule has 0 aromatic heterocycles. The van der Waals surface area contributed by atoms with Gasteiger partial charge in [-0.2, -0.15) is 0 Å². The molecule has 0 N–H and O–H groups in total. The van der Waals surface area contributed by atoms with E-state index < -0.39 is 27.4 Å². The number of allylic oxidation sites excluding steroid dienone is 1. The van der Waals surface area contributed by atoms with Crippen molar-refractivity contribution in [3.8, 4) is 0 Å². The minimum Gasteiger partial charge on any atom is -0.295 e. The molecule has 2 atom stereocenters. The predicted octanol–water partition coefficient (Wildman–Crippen LogP) is 3.78. The van der Waals surface area contributed by atoms with Gasteiger partial charge in [-0.1, -0.05) is 48.0 Å². The van der Waals surface area contributed by atoms with Gasteiger partial charge in [0.1, 0.15) is 5.54 Å². The second-order valence-corrected chi connectivity index (χ2v) is 9.52. The summed E-state index contributed by atoms with van der Waals surface area (Å²) < 4.78 is 28.1. The molecule has 1 aliphatic carbocycles. The van der Waals surface area contributed by atoms with Crippen molar-refractivity contribution >= 4 is 33.3 Å². The van der Waals surface area contributed by atoms with Crippen molar-refractivity contribution in [3.05, 3.63) is 89.0 Å². The second-order valence-electron chi connectivity index (χ2n) is 7.30. The first-order valence-corrected chi connectivity index (χ1v) is 10.8. The van der Waals surface area contributed by atoms with Gasteiger partial charge < -0.3 is 0 Å². The molecule has 2 aromatic carbocycles. The number of amides is 1. The van der Waals surface area contributed by atoms with Crippen LogP contribution in [0.2, 0.25) is 5.02 Å². The molecule has 0 saturated carbocycles. The lowest BCUT2D eigenvalue weighted by molar-refractivity contribution is -0.123. The summed E-state index contributed by atoms with van der Waals surface area (Å²) in [7, 11) is -4.21. The predicted molar refractivity (Wildman–Crippen MR) is 110 cm³/mol. The van der Waals surface area contributed by atoms with Crippen LogP contribution in [0.4, 0.5) is 0 Å². The van der Waals surface area contributed by atoms with Crippen molar-refractivity contribution in [2.24, 2.45) is 5.92 Å². The average molecular weight is 428 g/mol. The Hall–Kier alpha value is -2.70. The Balaban J connectivity index is 2.00. The van der Waals surface area contributed by atoms with Gasteiger partial charge in [0.15, 0.2) is 5.78 Å². The van der Waals surface area contributed by atoms with Gasteiger partial charge in [0.05, 0.1) is 4.90 Å². The fourth-order valence-electron chi connectivity index (χ4n) is 4.06. The number of hydrogen-bond acceptors (Lipinski definition) is 4. The smallest absolute Gasteiger partial charge is 0.267 e. The number of benzene rings is 2. The topological polar surface area (TPSA) is 71.5 Å². The molecule has 2 aromatic rings. The van der Waals surface area contributed by atoms with Crippen molar-refractivity contribution in [1.82, 2.24) is 4.31 Å². The van der Waals surface area contributed by atoms with E-state index in [1.165, 1.54) is 24.3 Å². The molecule has 1 aliphatic heterocycles. The number of rotatable bonds is 3. The number of carbonyl (C=O) groups is 2. The van der Waals surface area contributed by atoms with Crippen molar-refractivity contribution in [2.45, 2.75) is 23.8 Å². The third-order valence-corrected chi connectivity index (χ3v) is 7.61. The minimum absolute atomic E-state index is 0.00328. The number of fused-ring (bicyclic) bond motifs is 1. The molecule has 1 fully saturated rings. The first-order valence-electron chi connectivity index (χ1n) is 9.01. The molecule has 0 spiro atoms. The van der Waals surface area contributed by atoms with E-state index in [1.807, 2.05) is 6.92 Å². The van der Waals surface area contributed by atoms with Crippen molar-refractivity contribution in [1.29, 1.82) is 0 Å². The number of halogens is 1. The Bertz CT molecular complexity index is 1170. The largest absolute Gasteiger partial charge is 0.295 e. The van der Waals surface area contributed by atoms with E-state index in [1.54, 1.807) is 36.4 Å². The maximum atomic E-state index is 13.6. The lowest BCUT2D eigenvalue weighted by Crippen LogP contribution is -2.49. The van der Waals surface area contributed by atoms with E-state index >= 15 is 0 Å². The second kappa shape index (κ2) is 6.68. The zero-order valence-electron chi connectivity index (χ0n) is 15.6. The van der Waals surface area contributed by atoms with Gasteiger partial charge in [-0.15, -0.1) is 0 Å². The fourth-order valence-corrected chi connectivity index (χ4v) is 5.91. The fraction of sp³-hybridized carbons (Fsp3) is 0.182. The SMILES string of the molecule is C=C1C(=O)N(S(=O)(=O)c2ccc(C)cc2)[C@]2(c3ccc(Cl)cc3)C=CC(=O)C[C@H]12. The Labute approximate surface area is 174 Å². The molecular formula is C22H18ClNO4S. The van der Waals surface area contributed by atoms with Gasteiger partial charge in [0, 0.05) is 22.9 Å². The summed E-state index contributed by atoms with van der Waals surface area (Å²) in [6, 6.07) is 12.9. The summed E-state index contributed by atoms with van der Waals surface area (Å²) in [6.07, 6.45) is 2.85. The number of hydrogen-bond donors (Lipinski definition) is 0. The highest BCUT2D eigenvalue weighted by atomic mass is 35.5. The van der Waals surface area contributed by atoms with Crippen LogP contribution in [0, 0.1) is 12.8 Å². The maximum Gasteiger partial charge on any atom is 0.267 e. The Morgan fingerprint density at radius 1 is 1.07 bits per heavy atom. The summed E-state index contributed by atoms with van der Waals surface area (Å²) in [5.41, 5.74) is 0.192. The van der Waals surface area contributed by atoms with E-state index in [9.17, 15) is 18.0 Å². The van der Waals surface area contributed by atoms with E-state index in [-0.39, 0.29) is 22.7 Å². The normalized spacial score (nSPS) is 24.1. The van der Waals surface area contributed by atoms with Crippen LogP contribution in [0.3, 0.4) is 0 Å². The lowest BCUT2D eigenvalue weighted by atomic mass is 9.72. The molecular weight excluding hydrogens is 410 g/mol. The molecule has 1 amide bonds. The molecule has 5 nitrogen and oxygen atoms in total. The van der Waals surface area contributed by atoms with E-state index in [4.69, 9.17) is 11.6 Å². The first-order chi connectivity index (χ1) is 13.7. The Kier molecular flexibility index (Phi) is 4.52. The maximum absolute atomic E-state index is 13.6. The Morgan fingerprint density at radius 3 is 2.31 bits per heavy atom. The van der Waals surface area contributed by atoms with Crippen LogP contribution in [-0.2, 0) is 25.2 Å². The lowest BCUT2D eigenvalue weighted by Gasteiger charge is -2.40. The summed E-state index contributed by atoms with van der Waals surface area (Å²) in [5, 5.41) is 0.480. The third-order valence-electron chi connectivity index (χ3n) is 5.54. The van der Waals surface area contributed by atoms with Crippen LogP contribution in [0.25, 0.3) is 0 Å². The highest BCUT2D eigenvalue weighted by molar-refractivity contribution is 7.89. The number of ketones is 1. The zero-order chi connectivity index (χ0) is 21.0. The first kappa shape index (κ1) is 19.6. The van der Waals surface area contributed by atoms with Crippen molar-refractivity contribution in [2.75, 3.05) is 0 Å². The van der Waals surface area contributed by atoms with Crippen LogP contribution in [0.15, 0.2) is 77.7 Å². The summed E-state index contributed by atoms with van der Waals surface area (Å²) in [6.45, 7) is 5.69. The zero-order valence-corrected chi connectivity index (χ0v) is 17.2. The van der Waals surface area contributed by atoms with Gasteiger partial charge in [-0.05, 0) is 48.9 Å². The number of nitrogens with zero attached hydrogens (tertiary/aromatic N) is 1. The number of sulfonamides is 1. The van der Waals surface area contributed by atoms with Gasteiger partial charge in [-0.3, -0.25) is 9.59 Å². The highest BCUT2D eigenvalue weighted by Crippen LogP contribution is 2.53. The van der Waals surface area contributed by atoms with Crippen LogP contribution in [0.1, 0.15) is 17.5 Å². The van der Waals surface area contributed by atoms with E-state index in [0.29, 0.717) is 10.6 Å². The molecule has 0 bridgehead atoms. The molecule has 0 unspecified atom stereocenters. The minimum atomic E-state index is -4.21. The van der Waals surface area contributed by atoms with E-state index in [0.717, 1.165) is 9.87 Å². The molecule has 148 valence electrons. The van der Waals surface area contributed by atoms with Crippen LogP contribution < -0.4 is 0 Å². The molecule has 1 heterocycles. The van der Waals surface area contributed by atoms with Crippen molar-refractivity contribution in [3.63, 3.8) is 0 Å². The van der Waals surface area contributed by atoms with Gasteiger partial charge in [0.25, 0.3) is 15.9 Å². The highest BCUT2D eigenvalue weighted by Gasteiger charge is 2.60. The summed E-state index contributed by atoms with van der Waals surface area (Å²) in [5.74, 6) is -1.57. The van der Waals surface area contributed by atoms with Crippen LogP contribution >= 0.6 is 11.6 Å². The van der Waals surface area contributed by atoms with Gasteiger partial charge in [0.2, 0.25) is 0 Å². The molecule has 0 radical (unpaired) electrons. The molecule has 1 saturated heterocycles. The molecule has 2 aliphatic rings. The van der Waals surface area contributed by atoms with Crippen LogP contribution in [0.5, 0.6) is 0 Å². The monoisotopic (exact) mass is 427 g/mol. The van der Waals surface area contributed by atoms with Gasteiger partial charge >= 0.3 is 0 Å². The van der Waals surface area contributed by atoms with Crippen LogP contribution in [-0.4, -0.2) is 24.4 Å². The number of aryl methyl sites for hydroxylation is 1. The summed E-state index contributed by atoms with van der Waals surface area (Å²) >= 11 is 6.02. The van der Waals surface area contributed by atoms with Crippen molar-refractivity contribution < 1.29 is 18.0 Å². The van der Waals surface area contributed by atoms with E-state index in [2.05, 4.69) is 6.58 Å². The molecule has 7 heteroatoms. The average Bonchev–Trinajstić information content (AvgIpc) is 2.91. The quantitative estimate of drug-likeness (QED) is 0.699. The molecule has 4 rings (SSSR count). The summed E-state index contributed by atoms with van der Waals surface area (Å²) in [4.78, 5) is 25.3.